The van der Waals surface area contributed by atoms with Gasteiger partial charge in [-0.05, 0) is 35.8 Å². The lowest BCUT2D eigenvalue weighted by molar-refractivity contribution is -0.135. The lowest BCUT2D eigenvalue weighted by atomic mass is 9.98. The number of carbonyl (C=O) groups is 2. The van der Waals surface area contributed by atoms with Crippen molar-refractivity contribution in [1.82, 2.24) is 0 Å². The van der Waals surface area contributed by atoms with Crippen LogP contribution in [0.4, 0.5) is 4.39 Å². The van der Waals surface area contributed by atoms with Crippen LogP contribution in [0.3, 0.4) is 0 Å². The van der Waals surface area contributed by atoms with E-state index in [0.29, 0.717) is 22.3 Å². The topological polar surface area (TPSA) is 54.4 Å². The lowest BCUT2D eigenvalue weighted by Gasteiger charge is -2.05. The Morgan fingerprint density at radius 2 is 2.24 bits per heavy atom. The monoisotopic (exact) mass is 234 g/mol. The molecule has 3 nitrogen and oxygen atoms in total. The van der Waals surface area contributed by atoms with Crippen LogP contribution in [0.2, 0.25) is 0 Å². The number of hydrogen-bond donors (Lipinski definition) is 1. The molecule has 1 aromatic carbocycles. The molecule has 88 valence electrons. The second-order valence-corrected chi connectivity index (χ2v) is 4.08. The lowest BCUT2D eigenvalue weighted by Crippen LogP contribution is -1.98. The minimum absolute atomic E-state index is 0.188. The number of hydrogen-bond acceptors (Lipinski definition) is 2. The van der Waals surface area contributed by atoms with Crippen LogP contribution in [0, 0.1) is 5.82 Å². The van der Waals surface area contributed by atoms with Gasteiger partial charge in [-0.25, -0.2) is 4.39 Å². The van der Waals surface area contributed by atoms with Crippen molar-refractivity contribution in [3.05, 3.63) is 40.7 Å². The smallest absolute Gasteiger partial charge is 0.307 e. The number of halogens is 1. The molecular weight excluding hydrogens is 223 g/mol. The molecule has 0 heterocycles. The van der Waals surface area contributed by atoms with Crippen LogP contribution in [0.15, 0.2) is 23.8 Å². The van der Waals surface area contributed by atoms with Gasteiger partial charge in [0.25, 0.3) is 0 Å². The molecular formula is C13H11FO3. The molecule has 0 saturated heterocycles. The molecule has 17 heavy (non-hydrogen) atoms. The van der Waals surface area contributed by atoms with Crippen molar-refractivity contribution in [2.45, 2.75) is 19.3 Å². The highest BCUT2D eigenvalue weighted by molar-refractivity contribution is 5.93. The standard InChI is InChI=1S/C13H11FO3/c1-7-10(5-13(16)17)11-4-8(14)2-3-9(11)12(7)6-15/h2-4,6,12H,5H2,1H3,(H,16,17). The number of allylic oxidation sites excluding steroid dienone is 1. The zero-order chi connectivity index (χ0) is 12.6. The number of fused-ring (bicyclic) bond motifs is 1. The van der Waals surface area contributed by atoms with Gasteiger partial charge in [-0.1, -0.05) is 11.6 Å². The van der Waals surface area contributed by atoms with E-state index in [0.717, 1.165) is 6.29 Å². The summed E-state index contributed by atoms with van der Waals surface area (Å²) in [6.45, 7) is 1.72. The third-order valence-electron chi connectivity index (χ3n) is 3.08. The third kappa shape index (κ3) is 1.86. The number of aliphatic carboxylic acids is 1. The zero-order valence-electron chi connectivity index (χ0n) is 9.24. The maximum absolute atomic E-state index is 13.2. The van der Waals surface area contributed by atoms with E-state index < -0.39 is 17.7 Å². The normalized spacial score (nSPS) is 18.1. The Bertz CT molecular complexity index is 531. The van der Waals surface area contributed by atoms with Gasteiger partial charge in [0.05, 0.1) is 12.3 Å². The van der Waals surface area contributed by atoms with Crippen LogP contribution in [0.5, 0.6) is 0 Å². The van der Waals surface area contributed by atoms with E-state index in [1.165, 1.54) is 12.1 Å². The third-order valence-corrected chi connectivity index (χ3v) is 3.08. The van der Waals surface area contributed by atoms with Gasteiger partial charge in [-0.15, -0.1) is 0 Å². The van der Waals surface area contributed by atoms with Crippen LogP contribution in [0.25, 0.3) is 5.57 Å². The quantitative estimate of drug-likeness (QED) is 0.817. The highest BCUT2D eigenvalue weighted by atomic mass is 19.1. The van der Waals surface area contributed by atoms with Gasteiger partial charge < -0.3 is 9.90 Å². The molecule has 0 saturated carbocycles. The van der Waals surface area contributed by atoms with Crippen molar-refractivity contribution in [3.63, 3.8) is 0 Å². The van der Waals surface area contributed by atoms with Crippen molar-refractivity contribution in [1.29, 1.82) is 0 Å². The molecule has 0 spiro atoms. The van der Waals surface area contributed by atoms with Gasteiger partial charge in [0.15, 0.2) is 0 Å². The molecule has 0 fully saturated rings. The largest absolute Gasteiger partial charge is 0.481 e. The van der Waals surface area contributed by atoms with E-state index in [9.17, 15) is 14.0 Å². The molecule has 1 atom stereocenters. The van der Waals surface area contributed by atoms with E-state index in [1.807, 2.05) is 0 Å². The summed E-state index contributed by atoms with van der Waals surface area (Å²) in [5.41, 5.74) is 2.48. The van der Waals surface area contributed by atoms with Crippen molar-refractivity contribution >= 4 is 17.8 Å². The molecule has 1 N–H and O–H groups in total. The number of carboxylic acid groups (broad SMARTS) is 1. The summed E-state index contributed by atoms with van der Waals surface area (Å²) < 4.78 is 13.2. The first-order valence-electron chi connectivity index (χ1n) is 5.21. The van der Waals surface area contributed by atoms with Gasteiger partial charge in [0.1, 0.15) is 12.1 Å². The van der Waals surface area contributed by atoms with Crippen LogP contribution < -0.4 is 0 Å². The fourth-order valence-electron chi connectivity index (χ4n) is 2.26. The average Bonchev–Trinajstić information content (AvgIpc) is 2.51. The summed E-state index contributed by atoms with van der Waals surface area (Å²) in [7, 11) is 0. The first kappa shape index (κ1) is 11.5. The summed E-state index contributed by atoms with van der Waals surface area (Å²) in [6, 6.07) is 4.12. The molecule has 0 aliphatic heterocycles. The summed E-state index contributed by atoms with van der Waals surface area (Å²) in [4.78, 5) is 21.8. The summed E-state index contributed by atoms with van der Waals surface area (Å²) in [6.07, 6.45) is 0.577. The van der Waals surface area contributed by atoms with Crippen molar-refractivity contribution < 1.29 is 19.1 Å². The molecule has 0 amide bonds. The molecule has 2 rings (SSSR count). The van der Waals surface area contributed by atoms with E-state index in [4.69, 9.17) is 5.11 Å². The second-order valence-electron chi connectivity index (χ2n) is 4.08. The number of carbonyl (C=O) groups excluding carboxylic acids is 1. The van der Waals surface area contributed by atoms with Crippen molar-refractivity contribution in [2.24, 2.45) is 0 Å². The number of rotatable bonds is 3. The molecule has 0 bridgehead atoms. The number of aldehydes is 1. The molecule has 1 aromatic rings. The Kier molecular flexibility index (Phi) is 2.79. The molecule has 0 aromatic heterocycles. The maximum Gasteiger partial charge on any atom is 0.307 e. The number of benzene rings is 1. The predicted octanol–water partition coefficient (Wildman–Crippen LogP) is 2.37. The fraction of sp³-hybridized carbons (Fsp3) is 0.231. The Morgan fingerprint density at radius 1 is 1.53 bits per heavy atom. The van der Waals surface area contributed by atoms with E-state index in [-0.39, 0.29) is 6.42 Å². The van der Waals surface area contributed by atoms with Gasteiger partial charge in [-0.2, -0.15) is 0 Å². The first-order valence-corrected chi connectivity index (χ1v) is 5.21. The molecule has 4 heteroatoms. The molecule has 1 aliphatic carbocycles. The highest BCUT2D eigenvalue weighted by Crippen LogP contribution is 2.42. The highest BCUT2D eigenvalue weighted by Gasteiger charge is 2.29. The summed E-state index contributed by atoms with van der Waals surface area (Å²) in [5, 5.41) is 8.83. The van der Waals surface area contributed by atoms with Crippen LogP contribution in [-0.4, -0.2) is 17.4 Å². The maximum atomic E-state index is 13.2. The summed E-state index contributed by atoms with van der Waals surface area (Å²) >= 11 is 0. The SMILES string of the molecule is CC1=C(CC(=O)O)c2cc(F)ccc2C1C=O. The van der Waals surface area contributed by atoms with E-state index in [2.05, 4.69) is 0 Å². The average molecular weight is 234 g/mol. The Hall–Kier alpha value is -1.97. The van der Waals surface area contributed by atoms with Crippen molar-refractivity contribution in [2.75, 3.05) is 0 Å². The minimum Gasteiger partial charge on any atom is -0.481 e. The summed E-state index contributed by atoms with van der Waals surface area (Å²) in [5.74, 6) is -1.85. The minimum atomic E-state index is -0.985. The van der Waals surface area contributed by atoms with Gasteiger partial charge >= 0.3 is 5.97 Å². The van der Waals surface area contributed by atoms with Gasteiger partial charge in [0.2, 0.25) is 0 Å². The zero-order valence-corrected chi connectivity index (χ0v) is 9.24. The fourth-order valence-corrected chi connectivity index (χ4v) is 2.26. The first-order chi connectivity index (χ1) is 8.04. The molecule has 1 aliphatic rings. The predicted molar refractivity (Wildman–Crippen MR) is 60.1 cm³/mol. The van der Waals surface area contributed by atoms with Crippen molar-refractivity contribution in [3.8, 4) is 0 Å². The van der Waals surface area contributed by atoms with Crippen LogP contribution >= 0.6 is 0 Å². The van der Waals surface area contributed by atoms with Crippen LogP contribution in [-0.2, 0) is 9.59 Å². The van der Waals surface area contributed by atoms with Crippen LogP contribution in [0.1, 0.15) is 30.4 Å². The Balaban J connectivity index is 2.58. The second kappa shape index (κ2) is 4.13. The number of carboxylic acids is 1. The molecule has 0 radical (unpaired) electrons. The van der Waals surface area contributed by atoms with E-state index >= 15 is 0 Å². The Labute approximate surface area is 97.6 Å². The van der Waals surface area contributed by atoms with Gasteiger partial charge in [0, 0.05) is 0 Å². The van der Waals surface area contributed by atoms with Gasteiger partial charge in [-0.3, -0.25) is 4.79 Å². The Morgan fingerprint density at radius 3 is 2.82 bits per heavy atom. The van der Waals surface area contributed by atoms with E-state index in [1.54, 1.807) is 13.0 Å². The molecule has 1 unspecified atom stereocenters.